The smallest absolute Gasteiger partial charge is 0.186 e. The maximum atomic E-state index is 8.75. The molecule has 1 saturated heterocycles. The van der Waals surface area contributed by atoms with Crippen LogP contribution in [0.2, 0.25) is 0 Å². The maximum absolute atomic E-state index is 8.75. The summed E-state index contributed by atoms with van der Waals surface area (Å²) in [6, 6.07) is 2.14. The zero-order valence-corrected chi connectivity index (χ0v) is 9.92. The second-order valence-corrected chi connectivity index (χ2v) is 5.18. The summed E-state index contributed by atoms with van der Waals surface area (Å²) in [4.78, 5) is 7.31. The third kappa shape index (κ3) is 1.98. The molecule has 0 spiro atoms. The second-order valence-electron chi connectivity index (χ2n) is 4.17. The van der Waals surface area contributed by atoms with Crippen molar-refractivity contribution in [3.63, 3.8) is 0 Å². The van der Waals surface area contributed by atoms with Crippen molar-refractivity contribution in [2.45, 2.75) is 20.3 Å². The number of rotatable bonds is 2. The molecule has 15 heavy (non-hydrogen) atoms. The Morgan fingerprint density at radius 1 is 1.67 bits per heavy atom. The molecule has 0 N–H and O–H groups in total. The first kappa shape index (κ1) is 10.4. The summed E-state index contributed by atoms with van der Waals surface area (Å²) in [7, 11) is 0. The molecular formula is C11H15N3S. The molecule has 2 unspecified atom stereocenters. The average Bonchev–Trinajstić information content (AvgIpc) is 2.83. The molecule has 3 nitrogen and oxygen atoms in total. The number of hydrogen-bond donors (Lipinski definition) is 0. The monoisotopic (exact) mass is 221 g/mol. The number of aromatic nitrogens is 1. The van der Waals surface area contributed by atoms with Gasteiger partial charge in [-0.3, -0.25) is 0 Å². The largest absolute Gasteiger partial charge is 0.347 e. The van der Waals surface area contributed by atoms with Crippen LogP contribution in [-0.4, -0.2) is 18.1 Å². The van der Waals surface area contributed by atoms with Crippen LogP contribution in [-0.2, 0) is 0 Å². The molecule has 1 aliphatic rings. The van der Waals surface area contributed by atoms with Crippen molar-refractivity contribution in [3.05, 3.63) is 11.1 Å². The van der Waals surface area contributed by atoms with Crippen molar-refractivity contribution in [3.8, 4) is 6.07 Å². The number of nitriles is 1. The Kier molecular flexibility index (Phi) is 2.92. The van der Waals surface area contributed by atoms with Gasteiger partial charge in [-0.25, -0.2) is 4.98 Å². The summed E-state index contributed by atoms with van der Waals surface area (Å²) in [5, 5.41) is 9.75. The highest BCUT2D eigenvalue weighted by Gasteiger charge is 2.29. The van der Waals surface area contributed by atoms with Gasteiger partial charge in [-0.2, -0.15) is 5.26 Å². The van der Waals surface area contributed by atoms with Gasteiger partial charge in [-0.05, 0) is 11.8 Å². The van der Waals surface area contributed by atoms with Crippen molar-refractivity contribution in [2.75, 3.05) is 18.0 Å². The van der Waals surface area contributed by atoms with Gasteiger partial charge in [-0.15, -0.1) is 0 Å². The number of hydrogen-bond acceptors (Lipinski definition) is 4. The highest BCUT2D eigenvalue weighted by atomic mass is 32.1. The summed E-state index contributed by atoms with van der Waals surface area (Å²) in [6.45, 7) is 6.72. The van der Waals surface area contributed by atoms with Gasteiger partial charge in [0.1, 0.15) is 10.9 Å². The molecule has 2 atom stereocenters. The topological polar surface area (TPSA) is 39.9 Å². The molecule has 4 heteroatoms. The molecule has 0 aromatic carbocycles. The standard InChI is InChI=1S/C11H15N3S/c1-3-9-7-14(6-8(9)2)11-13-5-10(4-12)15-11/h5,8-9H,3,6-7H2,1-2H3. The summed E-state index contributed by atoms with van der Waals surface area (Å²) < 4.78 is 0. The van der Waals surface area contributed by atoms with Crippen LogP contribution in [0.15, 0.2) is 6.20 Å². The fourth-order valence-corrected chi connectivity index (χ4v) is 2.92. The van der Waals surface area contributed by atoms with E-state index in [-0.39, 0.29) is 0 Å². The lowest BCUT2D eigenvalue weighted by Crippen LogP contribution is -2.19. The van der Waals surface area contributed by atoms with Gasteiger partial charge in [0.25, 0.3) is 0 Å². The SMILES string of the molecule is CCC1CN(c2ncc(C#N)s2)CC1C. The van der Waals surface area contributed by atoms with E-state index in [1.807, 2.05) is 0 Å². The number of anilines is 1. The first-order chi connectivity index (χ1) is 7.24. The van der Waals surface area contributed by atoms with Crippen LogP contribution in [0, 0.1) is 23.2 Å². The lowest BCUT2D eigenvalue weighted by Gasteiger charge is -2.13. The fourth-order valence-electron chi connectivity index (χ4n) is 2.18. The first-order valence-electron chi connectivity index (χ1n) is 5.35. The molecule has 0 amide bonds. The lowest BCUT2D eigenvalue weighted by molar-refractivity contribution is 0.440. The molecule has 80 valence electrons. The minimum atomic E-state index is 0.706. The van der Waals surface area contributed by atoms with Crippen molar-refractivity contribution >= 4 is 16.5 Å². The van der Waals surface area contributed by atoms with E-state index >= 15 is 0 Å². The molecule has 1 aliphatic heterocycles. The molecule has 1 fully saturated rings. The molecule has 1 aromatic rings. The normalized spacial score (nSPS) is 25.5. The van der Waals surface area contributed by atoms with Crippen molar-refractivity contribution in [2.24, 2.45) is 11.8 Å². The van der Waals surface area contributed by atoms with Crippen LogP contribution < -0.4 is 4.90 Å². The summed E-state index contributed by atoms with van der Waals surface area (Å²) >= 11 is 1.50. The van der Waals surface area contributed by atoms with Crippen molar-refractivity contribution in [1.29, 1.82) is 5.26 Å². The molecule has 2 heterocycles. The summed E-state index contributed by atoms with van der Waals surface area (Å²) in [5.74, 6) is 1.52. The van der Waals surface area contributed by atoms with E-state index in [0.29, 0.717) is 4.88 Å². The van der Waals surface area contributed by atoms with Gasteiger partial charge in [0.05, 0.1) is 6.20 Å². The molecule has 1 aromatic heterocycles. The Balaban J connectivity index is 2.10. The van der Waals surface area contributed by atoms with Crippen LogP contribution in [0.4, 0.5) is 5.13 Å². The molecule has 0 bridgehead atoms. The van der Waals surface area contributed by atoms with Gasteiger partial charge in [0, 0.05) is 13.1 Å². The first-order valence-corrected chi connectivity index (χ1v) is 6.17. The van der Waals surface area contributed by atoms with Gasteiger partial charge < -0.3 is 4.90 Å². The Morgan fingerprint density at radius 3 is 3.00 bits per heavy atom. The van der Waals surface area contributed by atoms with Gasteiger partial charge in [-0.1, -0.05) is 31.6 Å². The van der Waals surface area contributed by atoms with E-state index in [2.05, 4.69) is 29.8 Å². The van der Waals surface area contributed by atoms with Crippen LogP contribution in [0.5, 0.6) is 0 Å². The maximum Gasteiger partial charge on any atom is 0.186 e. The third-order valence-corrected chi connectivity index (χ3v) is 4.13. The average molecular weight is 221 g/mol. The second kappa shape index (κ2) is 4.19. The summed E-state index contributed by atoms with van der Waals surface area (Å²) in [6.07, 6.45) is 2.90. The zero-order chi connectivity index (χ0) is 10.8. The Hall–Kier alpha value is -1.08. The molecule has 0 radical (unpaired) electrons. The predicted octanol–water partition coefficient (Wildman–Crippen LogP) is 2.50. The van der Waals surface area contributed by atoms with Gasteiger partial charge >= 0.3 is 0 Å². The summed E-state index contributed by atoms with van der Waals surface area (Å²) in [5.41, 5.74) is 0. The minimum Gasteiger partial charge on any atom is -0.347 e. The Bertz CT molecular complexity index is 379. The van der Waals surface area contributed by atoms with Gasteiger partial charge in [0.15, 0.2) is 5.13 Å². The predicted molar refractivity (Wildman–Crippen MR) is 62.0 cm³/mol. The molecule has 0 aliphatic carbocycles. The van der Waals surface area contributed by atoms with E-state index in [4.69, 9.17) is 5.26 Å². The zero-order valence-electron chi connectivity index (χ0n) is 9.10. The third-order valence-electron chi connectivity index (χ3n) is 3.17. The van der Waals surface area contributed by atoms with E-state index in [9.17, 15) is 0 Å². The molecular weight excluding hydrogens is 206 g/mol. The highest BCUT2D eigenvalue weighted by Crippen LogP contribution is 2.31. The van der Waals surface area contributed by atoms with Crippen LogP contribution in [0.25, 0.3) is 0 Å². The van der Waals surface area contributed by atoms with Crippen molar-refractivity contribution < 1.29 is 0 Å². The van der Waals surface area contributed by atoms with E-state index in [1.165, 1.54) is 17.8 Å². The van der Waals surface area contributed by atoms with Crippen LogP contribution in [0.1, 0.15) is 25.1 Å². The highest BCUT2D eigenvalue weighted by molar-refractivity contribution is 7.16. The van der Waals surface area contributed by atoms with Crippen LogP contribution in [0.3, 0.4) is 0 Å². The fraction of sp³-hybridized carbons (Fsp3) is 0.636. The van der Waals surface area contributed by atoms with E-state index in [1.54, 1.807) is 6.20 Å². The van der Waals surface area contributed by atoms with Crippen LogP contribution >= 0.6 is 11.3 Å². The number of nitrogens with zero attached hydrogens (tertiary/aromatic N) is 3. The molecule has 2 rings (SSSR count). The van der Waals surface area contributed by atoms with Gasteiger partial charge in [0.2, 0.25) is 0 Å². The van der Waals surface area contributed by atoms with Crippen molar-refractivity contribution in [1.82, 2.24) is 4.98 Å². The van der Waals surface area contributed by atoms with E-state index < -0.39 is 0 Å². The Labute approximate surface area is 94.4 Å². The molecule has 0 saturated carbocycles. The van der Waals surface area contributed by atoms with E-state index in [0.717, 1.165) is 30.1 Å². The quantitative estimate of drug-likeness (QED) is 0.770. The Morgan fingerprint density at radius 2 is 2.47 bits per heavy atom. The minimum absolute atomic E-state index is 0.706. The lowest BCUT2D eigenvalue weighted by atomic mass is 9.96. The number of thiazole rings is 1.